The molecule has 112 valence electrons. The number of aryl methyl sites for hydroxylation is 1. The fraction of sp³-hybridized carbons (Fsp3) is 0.462. The van der Waals surface area contributed by atoms with Gasteiger partial charge in [-0.25, -0.2) is 13.4 Å². The molecule has 0 radical (unpaired) electrons. The molecule has 0 N–H and O–H groups in total. The molecule has 1 fully saturated rings. The van der Waals surface area contributed by atoms with Crippen molar-refractivity contribution in [1.82, 2.24) is 24.1 Å². The Labute approximate surface area is 123 Å². The van der Waals surface area contributed by atoms with Crippen LogP contribution in [0.5, 0.6) is 0 Å². The third-order valence-corrected chi connectivity index (χ3v) is 5.00. The van der Waals surface area contributed by atoms with Crippen molar-refractivity contribution in [2.45, 2.75) is 18.9 Å². The van der Waals surface area contributed by atoms with Gasteiger partial charge in [0, 0.05) is 19.8 Å². The standard InChI is InChI=1S/C13H17N5O2S/c1-17-12(5-6-15-17)10-8-14-9-11(16-10)13-4-3-7-18(13)21(2,19)20/h5-6,8-9,13H,3-4,7H2,1-2H3/t13-/m0/s1. The Bertz CT molecular complexity index is 755. The van der Waals surface area contributed by atoms with E-state index in [1.165, 1.54) is 10.6 Å². The van der Waals surface area contributed by atoms with Gasteiger partial charge in [0.1, 0.15) is 5.69 Å². The molecule has 8 heteroatoms. The summed E-state index contributed by atoms with van der Waals surface area (Å²) >= 11 is 0. The summed E-state index contributed by atoms with van der Waals surface area (Å²) in [7, 11) is -1.39. The third-order valence-electron chi connectivity index (χ3n) is 3.71. The molecule has 3 rings (SSSR count). The largest absolute Gasteiger partial charge is 0.266 e. The molecule has 0 saturated carbocycles. The van der Waals surface area contributed by atoms with E-state index in [4.69, 9.17) is 0 Å². The predicted octanol–water partition coefficient (Wildman–Crippen LogP) is 0.974. The number of aromatic nitrogens is 4. The SMILES string of the molecule is Cn1nccc1-c1cncc([C@@H]2CCCN2S(C)(=O)=O)n1. The van der Waals surface area contributed by atoms with Crippen molar-refractivity contribution in [3.8, 4) is 11.4 Å². The highest BCUT2D eigenvalue weighted by molar-refractivity contribution is 7.88. The maximum absolute atomic E-state index is 11.8. The van der Waals surface area contributed by atoms with Crippen LogP contribution < -0.4 is 0 Å². The van der Waals surface area contributed by atoms with Crippen LogP contribution in [0.2, 0.25) is 0 Å². The zero-order chi connectivity index (χ0) is 15.0. The van der Waals surface area contributed by atoms with Crippen LogP contribution in [-0.4, -0.2) is 45.3 Å². The summed E-state index contributed by atoms with van der Waals surface area (Å²) in [5.74, 6) is 0. The van der Waals surface area contributed by atoms with Crippen molar-refractivity contribution < 1.29 is 8.42 Å². The van der Waals surface area contributed by atoms with E-state index in [9.17, 15) is 8.42 Å². The molecule has 7 nitrogen and oxygen atoms in total. The van der Waals surface area contributed by atoms with Crippen molar-refractivity contribution in [3.05, 3.63) is 30.4 Å². The first-order valence-electron chi connectivity index (χ1n) is 6.74. The van der Waals surface area contributed by atoms with E-state index in [0.717, 1.165) is 18.5 Å². The lowest BCUT2D eigenvalue weighted by atomic mass is 10.1. The third kappa shape index (κ3) is 2.68. The number of sulfonamides is 1. The number of nitrogens with zero attached hydrogens (tertiary/aromatic N) is 5. The minimum Gasteiger partial charge on any atom is -0.266 e. The van der Waals surface area contributed by atoms with Gasteiger partial charge >= 0.3 is 0 Å². The summed E-state index contributed by atoms with van der Waals surface area (Å²) < 4.78 is 26.9. The molecule has 0 bridgehead atoms. The molecule has 1 aliphatic rings. The fourth-order valence-electron chi connectivity index (χ4n) is 2.72. The van der Waals surface area contributed by atoms with Crippen molar-refractivity contribution in [3.63, 3.8) is 0 Å². The lowest BCUT2D eigenvalue weighted by Crippen LogP contribution is -2.30. The molecule has 1 atom stereocenters. The van der Waals surface area contributed by atoms with Gasteiger partial charge < -0.3 is 0 Å². The van der Waals surface area contributed by atoms with Crippen molar-refractivity contribution >= 4 is 10.0 Å². The van der Waals surface area contributed by atoms with Crippen molar-refractivity contribution in [1.29, 1.82) is 0 Å². The van der Waals surface area contributed by atoms with Gasteiger partial charge in [-0.1, -0.05) is 0 Å². The molecule has 21 heavy (non-hydrogen) atoms. The molecule has 1 saturated heterocycles. The van der Waals surface area contributed by atoms with Crippen molar-refractivity contribution in [2.75, 3.05) is 12.8 Å². The zero-order valence-electron chi connectivity index (χ0n) is 12.0. The molecule has 3 heterocycles. The highest BCUT2D eigenvalue weighted by atomic mass is 32.2. The number of hydrogen-bond acceptors (Lipinski definition) is 5. The first kappa shape index (κ1) is 14.2. The second-order valence-corrected chi connectivity index (χ2v) is 7.14. The van der Waals surface area contributed by atoms with Crippen LogP contribution >= 0.6 is 0 Å². The zero-order valence-corrected chi connectivity index (χ0v) is 12.8. The molecule has 0 unspecified atom stereocenters. The topological polar surface area (TPSA) is 81.0 Å². The average molecular weight is 307 g/mol. The van der Waals surface area contributed by atoms with Crippen LogP contribution in [0.25, 0.3) is 11.4 Å². The molecule has 0 spiro atoms. The van der Waals surface area contributed by atoms with Gasteiger partial charge in [-0.05, 0) is 18.9 Å². The first-order valence-corrected chi connectivity index (χ1v) is 8.59. The lowest BCUT2D eigenvalue weighted by molar-refractivity contribution is 0.393. The minimum atomic E-state index is -3.23. The van der Waals surface area contributed by atoms with E-state index < -0.39 is 10.0 Å². The normalized spacial score (nSPS) is 20.0. The van der Waals surface area contributed by atoms with E-state index in [-0.39, 0.29) is 6.04 Å². The average Bonchev–Trinajstić information content (AvgIpc) is 3.06. The Kier molecular flexibility index (Phi) is 3.50. The first-order chi connectivity index (χ1) is 9.97. The molecule has 2 aromatic rings. The Balaban J connectivity index is 1.99. The van der Waals surface area contributed by atoms with Gasteiger partial charge in [-0.2, -0.15) is 9.40 Å². The van der Waals surface area contributed by atoms with E-state index in [2.05, 4.69) is 15.1 Å². The van der Waals surface area contributed by atoms with E-state index in [0.29, 0.717) is 17.9 Å². The van der Waals surface area contributed by atoms with Gasteiger partial charge in [0.15, 0.2) is 0 Å². The maximum Gasteiger partial charge on any atom is 0.211 e. The molecule has 0 amide bonds. The van der Waals surface area contributed by atoms with Crippen LogP contribution in [0.1, 0.15) is 24.6 Å². The summed E-state index contributed by atoms with van der Waals surface area (Å²) in [6, 6.07) is 1.64. The Morgan fingerprint density at radius 3 is 2.81 bits per heavy atom. The molecule has 0 aliphatic carbocycles. The van der Waals surface area contributed by atoms with Gasteiger partial charge in [-0.3, -0.25) is 9.67 Å². The summed E-state index contributed by atoms with van der Waals surface area (Å²) in [6.07, 6.45) is 7.87. The highest BCUT2D eigenvalue weighted by Gasteiger charge is 2.33. The lowest BCUT2D eigenvalue weighted by Gasteiger charge is -2.21. The number of rotatable bonds is 3. The molecular formula is C13H17N5O2S. The second-order valence-electron chi connectivity index (χ2n) is 5.20. The fourth-order valence-corrected chi connectivity index (χ4v) is 3.86. The van der Waals surface area contributed by atoms with Crippen molar-refractivity contribution in [2.24, 2.45) is 7.05 Å². The van der Waals surface area contributed by atoms with Gasteiger partial charge in [0.05, 0.1) is 36.1 Å². The smallest absolute Gasteiger partial charge is 0.211 e. The van der Waals surface area contributed by atoms with E-state index in [1.807, 2.05) is 13.1 Å². The Morgan fingerprint density at radius 2 is 2.14 bits per heavy atom. The van der Waals surface area contributed by atoms with Crippen LogP contribution in [0.3, 0.4) is 0 Å². The summed E-state index contributed by atoms with van der Waals surface area (Å²) in [4.78, 5) is 8.81. The Hall–Kier alpha value is -1.80. The highest BCUT2D eigenvalue weighted by Crippen LogP contribution is 2.33. The van der Waals surface area contributed by atoms with Gasteiger partial charge in [0.2, 0.25) is 10.0 Å². The summed E-state index contributed by atoms with van der Waals surface area (Å²) in [5.41, 5.74) is 2.25. The van der Waals surface area contributed by atoms with Crippen LogP contribution in [0, 0.1) is 0 Å². The quantitative estimate of drug-likeness (QED) is 0.844. The molecular weight excluding hydrogens is 290 g/mol. The minimum absolute atomic E-state index is 0.222. The molecule has 1 aliphatic heterocycles. The molecule has 2 aromatic heterocycles. The van der Waals surface area contributed by atoms with Gasteiger partial charge in [-0.15, -0.1) is 0 Å². The monoisotopic (exact) mass is 307 g/mol. The van der Waals surface area contributed by atoms with E-state index in [1.54, 1.807) is 23.3 Å². The van der Waals surface area contributed by atoms with Crippen LogP contribution in [-0.2, 0) is 17.1 Å². The van der Waals surface area contributed by atoms with Crippen LogP contribution in [0.15, 0.2) is 24.7 Å². The second kappa shape index (κ2) is 5.19. The maximum atomic E-state index is 11.8. The molecule has 0 aromatic carbocycles. The summed E-state index contributed by atoms with van der Waals surface area (Å²) in [6.45, 7) is 0.543. The summed E-state index contributed by atoms with van der Waals surface area (Å²) in [5, 5.41) is 4.12. The van der Waals surface area contributed by atoms with Gasteiger partial charge in [0.25, 0.3) is 0 Å². The number of hydrogen-bond donors (Lipinski definition) is 0. The van der Waals surface area contributed by atoms with E-state index >= 15 is 0 Å². The van der Waals surface area contributed by atoms with Crippen LogP contribution in [0.4, 0.5) is 0 Å². The predicted molar refractivity (Wildman–Crippen MR) is 77.8 cm³/mol. The Morgan fingerprint density at radius 1 is 1.33 bits per heavy atom.